The highest BCUT2D eigenvalue weighted by molar-refractivity contribution is 5.48. The Morgan fingerprint density at radius 3 is 2.60 bits per heavy atom. The van der Waals surface area contributed by atoms with Crippen LogP contribution in [-0.2, 0) is 4.79 Å². The zero-order chi connectivity index (χ0) is 15.8. The maximum absolute atomic E-state index is 11.2. The number of aliphatic hydroxyl groups is 2. The molecule has 0 aliphatic rings. The van der Waals surface area contributed by atoms with Gasteiger partial charge in [-0.2, -0.15) is 0 Å². The average Bonchev–Trinajstić information content (AvgIpc) is 2.40. The Morgan fingerprint density at radius 1 is 1.60 bits per heavy atom. The number of rotatable bonds is 10. The molecule has 0 saturated heterocycles. The molecule has 1 amide bonds. The molecule has 8 nitrogen and oxygen atoms in total. The highest BCUT2D eigenvalue weighted by atomic mass is 16.3. The first kappa shape index (κ1) is 18.7. The zero-order valence-electron chi connectivity index (χ0n) is 12.3. The lowest BCUT2D eigenvalue weighted by atomic mass is 9.84. The SMILES string of the molecule is CC[C@@H](O)[C@@](C)(O)[C@@H]([C@@H](C)N)N(C=O)CCCN=[N+]=[N-]. The Morgan fingerprint density at radius 2 is 2.20 bits per heavy atom. The normalized spacial score (nSPS) is 18.3. The van der Waals surface area contributed by atoms with Crippen molar-refractivity contribution in [1.82, 2.24) is 4.90 Å². The Balaban J connectivity index is 5.01. The summed E-state index contributed by atoms with van der Waals surface area (Å²) in [6.07, 6.45) is 0.422. The van der Waals surface area contributed by atoms with Crippen LogP contribution in [0.2, 0.25) is 0 Å². The van der Waals surface area contributed by atoms with Crippen molar-refractivity contribution in [3.63, 3.8) is 0 Å². The summed E-state index contributed by atoms with van der Waals surface area (Å²) in [5.74, 6) is 0. The highest BCUT2D eigenvalue weighted by Gasteiger charge is 2.43. The van der Waals surface area contributed by atoms with Crippen LogP contribution in [0.3, 0.4) is 0 Å². The number of nitrogens with zero attached hydrogens (tertiary/aromatic N) is 4. The predicted molar refractivity (Wildman–Crippen MR) is 75.8 cm³/mol. The molecule has 0 aromatic rings. The van der Waals surface area contributed by atoms with Gasteiger partial charge < -0.3 is 20.8 Å². The lowest BCUT2D eigenvalue weighted by Gasteiger charge is -2.43. The number of azide groups is 1. The van der Waals surface area contributed by atoms with Crippen LogP contribution in [-0.4, -0.2) is 58.4 Å². The van der Waals surface area contributed by atoms with Gasteiger partial charge in [-0.15, -0.1) is 0 Å². The van der Waals surface area contributed by atoms with E-state index in [4.69, 9.17) is 11.3 Å². The fraction of sp³-hybridized carbons (Fsp3) is 0.917. The molecule has 0 aliphatic carbocycles. The number of nitrogens with two attached hydrogens (primary N) is 1. The van der Waals surface area contributed by atoms with Crippen LogP contribution >= 0.6 is 0 Å². The Labute approximate surface area is 119 Å². The molecule has 0 radical (unpaired) electrons. The molecule has 0 spiro atoms. The van der Waals surface area contributed by atoms with Crippen LogP contribution < -0.4 is 5.73 Å². The van der Waals surface area contributed by atoms with Gasteiger partial charge >= 0.3 is 0 Å². The maximum atomic E-state index is 11.2. The first-order chi connectivity index (χ1) is 9.32. The molecule has 0 rings (SSSR count). The maximum Gasteiger partial charge on any atom is 0.210 e. The molecule has 8 heteroatoms. The summed E-state index contributed by atoms with van der Waals surface area (Å²) >= 11 is 0. The molecule has 0 unspecified atom stereocenters. The van der Waals surface area contributed by atoms with Gasteiger partial charge in [-0.25, -0.2) is 0 Å². The van der Waals surface area contributed by atoms with E-state index in [1.54, 1.807) is 13.8 Å². The second-order valence-corrected chi connectivity index (χ2v) is 5.11. The van der Waals surface area contributed by atoms with E-state index in [0.29, 0.717) is 25.8 Å². The molecule has 20 heavy (non-hydrogen) atoms. The second kappa shape index (κ2) is 8.76. The van der Waals surface area contributed by atoms with Gasteiger partial charge in [-0.1, -0.05) is 12.0 Å². The highest BCUT2D eigenvalue weighted by Crippen LogP contribution is 2.24. The molecular formula is C12H25N5O3. The van der Waals surface area contributed by atoms with Crippen LogP contribution in [0.5, 0.6) is 0 Å². The lowest BCUT2D eigenvalue weighted by molar-refractivity contribution is -0.141. The number of carbonyl (C=O) groups is 1. The van der Waals surface area contributed by atoms with Crippen molar-refractivity contribution in [2.24, 2.45) is 10.8 Å². The number of hydrogen-bond donors (Lipinski definition) is 3. The second-order valence-electron chi connectivity index (χ2n) is 5.11. The van der Waals surface area contributed by atoms with Crippen LogP contribution in [0.4, 0.5) is 0 Å². The molecule has 0 heterocycles. The molecule has 0 fully saturated rings. The molecule has 116 valence electrons. The van der Waals surface area contributed by atoms with Crippen molar-refractivity contribution in [3.8, 4) is 0 Å². The fourth-order valence-electron chi connectivity index (χ4n) is 2.41. The summed E-state index contributed by atoms with van der Waals surface area (Å²) in [4.78, 5) is 15.2. The molecule has 4 atom stereocenters. The quantitative estimate of drug-likeness (QED) is 0.176. The van der Waals surface area contributed by atoms with Gasteiger partial charge in [-0.05, 0) is 32.2 Å². The summed E-state index contributed by atoms with van der Waals surface area (Å²) in [7, 11) is 0. The first-order valence-corrected chi connectivity index (χ1v) is 6.70. The average molecular weight is 287 g/mol. The van der Waals surface area contributed by atoms with Crippen LogP contribution in [0, 0.1) is 0 Å². The van der Waals surface area contributed by atoms with Crippen molar-refractivity contribution in [2.45, 2.75) is 57.4 Å². The van der Waals surface area contributed by atoms with Crippen LogP contribution in [0.15, 0.2) is 5.11 Å². The van der Waals surface area contributed by atoms with Gasteiger partial charge in [0, 0.05) is 24.0 Å². The third-order valence-corrected chi connectivity index (χ3v) is 3.39. The van der Waals surface area contributed by atoms with E-state index in [-0.39, 0.29) is 6.54 Å². The first-order valence-electron chi connectivity index (χ1n) is 6.70. The molecular weight excluding hydrogens is 262 g/mol. The van der Waals surface area contributed by atoms with Crippen LogP contribution in [0.1, 0.15) is 33.6 Å². The topological polar surface area (TPSA) is 136 Å². The summed E-state index contributed by atoms with van der Waals surface area (Å²) in [5.41, 5.74) is 12.6. The van der Waals surface area contributed by atoms with Gasteiger partial charge in [0.15, 0.2) is 0 Å². The third kappa shape index (κ3) is 4.97. The fourth-order valence-corrected chi connectivity index (χ4v) is 2.41. The minimum absolute atomic E-state index is 0.255. The summed E-state index contributed by atoms with van der Waals surface area (Å²) in [6.45, 7) is 5.43. The number of amides is 1. The van der Waals surface area contributed by atoms with Crippen molar-refractivity contribution in [1.29, 1.82) is 0 Å². The van der Waals surface area contributed by atoms with E-state index < -0.39 is 23.8 Å². The zero-order valence-corrected chi connectivity index (χ0v) is 12.3. The Kier molecular flexibility index (Phi) is 8.17. The summed E-state index contributed by atoms with van der Waals surface area (Å²) < 4.78 is 0. The minimum atomic E-state index is -1.51. The van der Waals surface area contributed by atoms with E-state index in [1.807, 2.05) is 0 Å². The Hall–Kier alpha value is -1.34. The van der Waals surface area contributed by atoms with Gasteiger partial charge in [0.2, 0.25) is 6.41 Å². The molecule has 0 aliphatic heterocycles. The largest absolute Gasteiger partial charge is 0.390 e. The monoisotopic (exact) mass is 287 g/mol. The number of hydrogen-bond acceptors (Lipinski definition) is 5. The van der Waals surface area contributed by atoms with Crippen LogP contribution in [0.25, 0.3) is 10.4 Å². The third-order valence-electron chi connectivity index (χ3n) is 3.39. The summed E-state index contributed by atoms with van der Waals surface area (Å²) in [5, 5.41) is 23.8. The van der Waals surface area contributed by atoms with Crippen molar-refractivity contribution in [2.75, 3.05) is 13.1 Å². The van der Waals surface area contributed by atoms with Crippen molar-refractivity contribution >= 4 is 6.41 Å². The van der Waals surface area contributed by atoms with E-state index in [1.165, 1.54) is 11.8 Å². The smallest absolute Gasteiger partial charge is 0.210 e. The van der Waals surface area contributed by atoms with E-state index >= 15 is 0 Å². The van der Waals surface area contributed by atoms with E-state index in [9.17, 15) is 15.0 Å². The van der Waals surface area contributed by atoms with Crippen molar-refractivity contribution in [3.05, 3.63) is 10.4 Å². The van der Waals surface area contributed by atoms with Gasteiger partial charge in [0.1, 0.15) is 5.60 Å². The van der Waals surface area contributed by atoms with Gasteiger partial charge in [-0.3, -0.25) is 4.79 Å². The number of aliphatic hydroxyl groups excluding tert-OH is 1. The lowest BCUT2D eigenvalue weighted by Crippen LogP contribution is -2.63. The number of carbonyl (C=O) groups excluding carboxylic acids is 1. The van der Waals surface area contributed by atoms with E-state index in [2.05, 4.69) is 10.0 Å². The van der Waals surface area contributed by atoms with Gasteiger partial charge in [0.05, 0.1) is 12.1 Å². The Bertz CT molecular complexity index is 342. The summed E-state index contributed by atoms with van der Waals surface area (Å²) in [6, 6.07) is -1.24. The minimum Gasteiger partial charge on any atom is -0.390 e. The molecule has 4 N–H and O–H groups in total. The predicted octanol–water partition coefficient (Wildman–Crippen LogP) is 0.383. The molecule has 0 aromatic heterocycles. The van der Waals surface area contributed by atoms with Gasteiger partial charge in [0.25, 0.3) is 0 Å². The molecule has 0 aromatic carbocycles. The molecule has 0 saturated carbocycles. The standard InChI is InChI=1S/C12H25N5O3/c1-4-10(19)12(3,20)11(9(2)13)17(8-18)7-5-6-15-16-14/h8-11,19-20H,4-7,13H2,1-3H3/t9-,10-,11-,12-/m1/s1. The van der Waals surface area contributed by atoms with Crippen molar-refractivity contribution < 1.29 is 15.0 Å². The molecule has 0 bridgehead atoms. The van der Waals surface area contributed by atoms with E-state index in [0.717, 1.165) is 0 Å².